The Hall–Kier alpha value is -0.250. The Balaban J connectivity index is 2.03. The Kier molecular flexibility index (Phi) is 2.73. The molecule has 0 aromatic heterocycles. The van der Waals surface area contributed by atoms with Gasteiger partial charge in [0.05, 0.1) is 0 Å². The average molecular weight is 276 g/mol. The second-order valence-electron chi connectivity index (χ2n) is 5.44. The quantitative estimate of drug-likeness (QED) is 0.637. The van der Waals surface area contributed by atoms with E-state index in [9.17, 15) is 4.79 Å². The molecular weight excluding hydrogens is 258 g/mol. The topological polar surface area (TPSA) is 29.5 Å². The van der Waals surface area contributed by atoms with Crippen LogP contribution >= 0.6 is 15.9 Å². The van der Waals surface area contributed by atoms with Crippen LogP contribution in [0.5, 0.6) is 0 Å². The molecular formula is C11H18BrNO2. The fourth-order valence-electron chi connectivity index (χ4n) is 2.51. The van der Waals surface area contributed by atoms with Gasteiger partial charge in [0, 0.05) is 16.9 Å². The van der Waals surface area contributed by atoms with Crippen LogP contribution in [0.4, 0.5) is 4.79 Å². The van der Waals surface area contributed by atoms with Crippen LogP contribution in [0.1, 0.15) is 40.0 Å². The number of alkyl halides is 1. The molecule has 0 aromatic rings. The summed E-state index contributed by atoms with van der Waals surface area (Å²) in [6.45, 7) is 5.73. The van der Waals surface area contributed by atoms with E-state index in [1.165, 1.54) is 0 Å². The molecule has 0 unspecified atom stereocenters. The molecule has 2 fully saturated rings. The molecule has 86 valence electrons. The first-order valence-electron chi connectivity index (χ1n) is 5.54. The van der Waals surface area contributed by atoms with E-state index in [2.05, 4.69) is 15.9 Å². The van der Waals surface area contributed by atoms with Gasteiger partial charge in [0.25, 0.3) is 0 Å². The lowest BCUT2D eigenvalue weighted by Crippen LogP contribution is -2.40. The maximum Gasteiger partial charge on any atom is 0.410 e. The molecule has 1 amide bonds. The monoisotopic (exact) mass is 275 g/mol. The molecule has 3 atom stereocenters. The van der Waals surface area contributed by atoms with Crippen molar-refractivity contribution in [3.05, 3.63) is 0 Å². The van der Waals surface area contributed by atoms with Gasteiger partial charge in [-0.05, 0) is 40.0 Å². The van der Waals surface area contributed by atoms with Gasteiger partial charge in [-0.2, -0.15) is 0 Å². The fraction of sp³-hybridized carbons (Fsp3) is 0.909. The lowest BCUT2D eigenvalue weighted by atomic mass is 10.0. The molecule has 15 heavy (non-hydrogen) atoms. The number of carbonyl (C=O) groups is 1. The first-order chi connectivity index (χ1) is 6.88. The molecule has 0 spiro atoms. The predicted octanol–water partition coefficient (Wildman–Crippen LogP) is 2.92. The summed E-state index contributed by atoms with van der Waals surface area (Å²) < 4.78 is 5.42. The molecule has 0 N–H and O–H groups in total. The number of rotatable bonds is 0. The summed E-state index contributed by atoms with van der Waals surface area (Å²) in [5.41, 5.74) is -0.388. The second kappa shape index (κ2) is 3.65. The van der Waals surface area contributed by atoms with Crippen molar-refractivity contribution < 1.29 is 9.53 Å². The SMILES string of the molecule is CC(C)(C)OC(=O)N1[C@H]2CC[C@@H]1[C@@H](Br)C2. The molecule has 2 bridgehead atoms. The van der Waals surface area contributed by atoms with Gasteiger partial charge in [-0.25, -0.2) is 4.79 Å². The molecule has 3 nitrogen and oxygen atoms in total. The maximum atomic E-state index is 12.0. The minimum absolute atomic E-state index is 0.142. The Morgan fingerprint density at radius 3 is 2.47 bits per heavy atom. The van der Waals surface area contributed by atoms with Crippen molar-refractivity contribution in [2.75, 3.05) is 0 Å². The zero-order valence-electron chi connectivity index (χ0n) is 9.50. The number of carbonyl (C=O) groups excluding carboxylic acids is 1. The Morgan fingerprint density at radius 1 is 1.40 bits per heavy atom. The summed E-state index contributed by atoms with van der Waals surface area (Å²) in [6, 6.07) is 0.749. The summed E-state index contributed by atoms with van der Waals surface area (Å²) in [6.07, 6.45) is 3.17. The molecule has 0 radical (unpaired) electrons. The van der Waals surface area contributed by atoms with Gasteiger partial charge >= 0.3 is 6.09 Å². The van der Waals surface area contributed by atoms with Crippen molar-refractivity contribution in [3.63, 3.8) is 0 Å². The molecule has 2 aliphatic rings. The normalized spacial score (nSPS) is 34.7. The Labute approximate surface area is 99.3 Å². The summed E-state index contributed by atoms with van der Waals surface area (Å²) in [7, 11) is 0. The number of halogens is 1. The van der Waals surface area contributed by atoms with E-state index in [4.69, 9.17) is 4.74 Å². The third-order valence-corrected chi connectivity index (χ3v) is 4.05. The standard InChI is InChI=1S/C11H18BrNO2/c1-11(2,3)15-10(14)13-7-4-5-9(13)8(12)6-7/h7-9H,4-6H2,1-3H3/t7-,8-,9+/m0/s1. The van der Waals surface area contributed by atoms with Crippen molar-refractivity contribution in [1.82, 2.24) is 4.90 Å². The Bertz CT molecular complexity index is 274. The van der Waals surface area contributed by atoms with Crippen molar-refractivity contribution in [3.8, 4) is 0 Å². The number of amides is 1. The van der Waals surface area contributed by atoms with Crippen LogP contribution in [-0.4, -0.2) is 33.5 Å². The second-order valence-corrected chi connectivity index (χ2v) is 6.61. The van der Waals surface area contributed by atoms with Gasteiger partial charge in [0.2, 0.25) is 0 Å². The van der Waals surface area contributed by atoms with Gasteiger partial charge < -0.3 is 9.64 Å². The minimum atomic E-state index is -0.388. The van der Waals surface area contributed by atoms with Crippen LogP contribution in [0.2, 0.25) is 0 Å². The van der Waals surface area contributed by atoms with Crippen molar-refractivity contribution >= 4 is 22.0 Å². The lowest BCUT2D eigenvalue weighted by molar-refractivity contribution is 0.0218. The Morgan fingerprint density at radius 2 is 2.07 bits per heavy atom. The largest absolute Gasteiger partial charge is 0.444 e. The summed E-state index contributed by atoms with van der Waals surface area (Å²) in [4.78, 5) is 14.3. The molecule has 4 heteroatoms. The van der Waals surface area contributed by atoms with E-state index in [0.29, 0.717) is 16.9 Å². The summed E-state index contributed by atoms with van der Waals surface area (Å²) >= 11 is 3.63. The predicted molar refractivity (Wildman–Crippen MR) is 62.2 cm³/mol. The van der Waals surface area contributed by atoms with E-state index in [-0.39, 0.29) is 11.7 Å². The van der Waals surface area contributed by atoms with Crippen LogP contribution < -0.4 is 0 Å². The molecule has 0 aliphatic carbocycles. The number of ether oxygens (including phenoxy) is 1. The van der Waals surface area contributed by atoms with Gasteiger partial charge in [-0.1, -0.05) is 15.9 Å². The smallest absolute Gasteiger partial charge is 0.410 e. The minimum Gasteiger partial charge on any atom is -0.444 e. The molecule has 2 saturated heterocycles. The van der Waals surface area contributed by atoms with Crippen molar-refractivity contribution in [2.45, 2.75) is 62.5 Å². The molecule has 2 rings (SSSR count). The fourth-order valence-corrected chi connectivity index (χ4v) is 3.47. The first kappa shape index (κ1) is 11.2. The number of hydrogen-bond acceptors (Lipinski definition) is 2. The van der Waals surface area contributed by atoms with E-state index >= 15 is 0 Å². The van der Waals surface area contributed by atoms with Crippen LogP contribution in [-0.2, 0) is 4.74 Å². The van der Waals surface area contributed by atoms with Gasteiger partial charge in [0.1, 0.15) is 5.60 Å². The van der Waals surface area contributed by atoms with Gasteiger partial charge in [-0.15, -0.1) is 0 Å². The number of hydrogen-bond donors (Lipinski definition) is 0. The molecule has 0 aromatic carbocycles. The third-order valence-electron chi connectivity index (χ3n) is 3.07. The highest BCUT2D eigenvalue weighted by atomic mass is 79.9. The van der Waals surface area contributed by atoms with E-state index in [1.807, 2.05) is 25.7 Å². The highest BCUT2D eigenvalue weighted by Gasteiger charge is 2.48. The van der Waals surface area contributed by atoms with Gasteiger partial charge in [0.15, 0.2) is 0 Å². The summed E-state index contributed by atoms with van der Waals surface area (Å²) in [5, 5.41) is 0. The van der Waals surface area contributed by atoms with Crippen LogP contribution in [0.25, 0.3) is 0 Å². The zero-order valence-corrected chi connectivity index (χ0v) is 11.1. The van der Waals surface area contributed by atoms with Crippen molar-refractivity contribution in [1.29, 1.82) is 0 Å². The van der Waals surface area contributed by atoms with Crippen LogP contribution in [0.15, 0.2) is 0 Å². The average Bonchev–Trinajstić information content (AvgIpc) is 2.55. The maximum absolute atomic E-state index is 12.0. The van der Waals surface area contributed by atoms with Crippen LogP contribution in [0, 0.1) is 0 Å². The van der Waals surface area contributed by atoms with E-state index in [0.717, 1.165) is 19.3 Å². The van der Waals surface area contributed by atoms with Crippen molar-refractivity contribution in [2.24, 2.45) is 0 Å². The highest BCUT2D eigenvalue weighted by molar-refractivity contribution is 9.09. The van der Waals surface area contributed by atoms with Crippen LogP contribution in [0.3, 0.4) is 0 Å². The lowest BCUT2D eigenvalue weighted by Gasteiger charge is -2.27. The molecule has 2 heterocycles. The van der Waals surface area contributed by atoms with E-state index < -0.39 is 0 Å². The highest BCUT2D eigenvalue weighted by Crippen LogP contribution is 2.41. The zero-order chi connectivity index (χ0) is 11.2. The van der Waals surface area contributed by atoms with E-state index in [1.54, 1.807) is 0 Å². The third kappa shape index (κ3) is 2.14. The first-order valence-corrected chi connectivity index (χ1v) is 6.45. The number of fused-ring (bicyclic) bond motifs is 2. The summed E-state index contributed by atoms with van der Waals surface area (Å²) in [5.74, 6) is 0. The van der Waals surface area contributed by atoms with Gasteiger partial charge in [-0.3, -0.25) is 0 Å². The molecule has 2 aliphatic heterocycles. The number of nitrogens with zero attached hydrogens (tertiary/aromatic N) is 1. The molecule has 0 saturated carbocycles.